The number of ether oxygens (including phenoxy) is 2. The van der Waals surface area contributed by atoms with E-state index < -0.39 is 29.8 Å². The Morgan fingerprint density at radius 2 is 1.71 bits per heavy atom. The quantitative estimate of drug-likeness (QED) is 0.303. The van der Waals surface area contributed by atoms with Gasteiger partial charge in [-0.25, -0.2) is 4.79 Å². The van der Waals surface area contributed by atoms with Crippen LogP contribution in [-0.2, 0) is 9.53 Å². The molecule has 0 saturated carbocycles. The summed E-state index contributed by atoms with van der Waals surface area (Å²) in [6.07, 6.45) is 0.181. The number of esters is 1. The fourth-order valence-corrected chi connectivity index (χ4v) is 3.70. The van der Waals surface area contributed by atoms with E-state index in [1.165, 1.54) is 31.4 Å². The number of imide groups is 1. The summed E-state index contributed by atoms with van der Waals surface area (Å²) < 4.78 is 10.8. The molecule has 35 heavy (non-hydrogen) atoms. The van der Waals surface area contributed by atoms with Gasteiger partial charge in [-0.15, -0.1) is 6.58 Å². The molecule has 0 saturated heterocycles. The summed E-state index contributed by atoms with van der Waals surface area (Å²) in [4.78, 5) is 52.2. The highest BCUT2D eigenvalue weighted by molar-refractivity contribution is 6.22. The monoisotopic (exact) mass is 470 g/mol. The van der Waals surface area contributed by atoms with Gasteiger partial charge in [0.05, 0.1) is 23.8 Å². The Kier molecular flexibility index (Phi) is 6.73. The Morgan fingerprint density at radius 1 is 0.971 bits per heavy atom. The van der Waals surface area contributed by atoms with Crippen molar-refractivity contribution in [1.29, 1.82) is 0 Å². The first kappa shape index (κ1) is 23.4. The molecule has 0 unspecified atom stereocenters. The molecule has 1 aliphatic heterocycles. The zero-order valence-corrected chi connectivity index (χ0v) is 18.9. The lowest BCUT2D eigenvalue weighted by Crippen LogP contribution is -2.29. The predicted molar refractivity (Wildman–Crippen MR) is 128 cm³/mol. The predicted octanol–water partition coefficient (Wildman–Crippen LogP) is 4.01. The van der Waals surface area contributed by atoms with Crippen LogP contribution in [0.25, 0.3) is 0 Å². The number of rotatable bonds is 8. The average molecular weight is 470 g/mol. The second-order valence-corrected chi connectivity index (χ2v) is 7.69. The summed E-state index contributed by atoms with van der Waals surface area (Å²) in [5.41, 5.74) is 1.27. The van der Waals surface area contributed by atoms with Crippen molar-refractivity contribution in [2.24, 2.45) is 0 Å². The number of benzene rings is 3. The third-order valence-electron chi connectivity index (χ3n) is 5.42. The molecule has 3 aromatic rings. The first-order chi connectivity index (χ1) is 16.9. The molecule has 0 bridgehead atoms. The summed E-state index contributed by atoms with van der Waals surface area (Å²) in [7, 11) is 1.51. The van der Waals surface area contributed by atoms with E-state index in [4.69, 9.17) is 9.47 Å². The van der Waals surface area contributed by atoms with Crippen LogP contribution in [0.15, 0.2) is 85.5 Å². The number of hydrogen-bond acceptors (Lipinski definition) is 6. The lowest BCUT2D eigenvalue weighted by Gasteiger charge is -2.18. The molecule has 0 fully saturated rings. The number of amides is 3. The number of fused-ring (bicyclic) bond motifs is 1. The Labute approximate surface area is 201 Å². The normalized spacial score (nSPS) is 13.1. The molecule has 1 atom stereocenters. The van der Waals surface area contributed by atoms with Crippen LogP contribution in [0.2, 0.25) is 0 Å². The number of nitrogens with zero attached hydrogens (tertiary/aromatic N) is 1. The maximum absolute atomic E-state index is 13.1. The fraction of sp³-hybridized carbons (Fsp3) is 0.111. The number of hydrogen-bond donors (Lipinski definition) is 1. The standard InChI is InChI=1S/C27H22N2O6/c1-3-14-29-25(31)21-13-12-18(15-22(21)26(29)32)27(33)35-23(17-8-5-4-6-9-17)24(30)28-19-10-7-11-20(16-19)34-2/h3-13,15-16,23H,1,14H2,2H3,(H,28,30)/t23-/m0/s1. The number of nitrogens with one attached hydrogen (secondary N) is 1. The lowest BCUT2D eigenvalue weighted by atomic mass is 10.1. The highest BCUT2D eigenvalue weighted by atomic mass is 16.5. The summed E-state index contributed by atoms with van der Waals surface area (Å²) in [6, 6.07) is 19.4. The van der Waals surface area contributed by atoms with E-state index in [2.05, 4.69) is 11.9 Å². The van der Waals surface area contributed by atoms with Crippen LogP contribution in [0.4, 0.5) is 5.69 Å². The van der Waals surface area contributed by atoms with Gasteiger partial charge in [0.2, 0.25) is 6.10 Å². The number of carbonyl (C=O) groups is 4. The maximum Gasteiger partial charge on any atom is 0.339 e. The highest BCUT2D eigenvalue weighted by Crippen LogP contribution is 2.27. The lowest BCUT2D eigenvalue weighted by molar-refractivity contribution is -0.125. The van der Waals surface area contributed by atoms with Crippen molar-refractivity contribution in [1.82, 2.24) is 4.90 Å². The van der Waals surface area contributed by atoms with Crippen LogP contribution in [-0.4, -0.2) is 42.2 Å². The van der Waals surface area contributed by atoms with E-state index in [9.17, 15) is 19.2 Å². The summed E-state index contributed by atoms with van der Waals surface area (Å²) in [5, 5.41) is 2.74. The highest BCUT2D eigenvalue weighted by Gasteiger charge is 2.36. The van der Waals surface area contributed by atoms with Crippen LogP contribution in [0.1, 0.15) is 42.7 Å². The number of anilines is 1. The minimum Gasteiger partial charge on any atom is -0.497 e. The van der Waals surface area contributed by atoms with E-state index in [0.717, 1.165) is 4.90 Å². The zero-order chi connectivity index (χ0) is 24.9. The van der Waals surface area contributed by atoms with Crippen molar-refractivity contribution in [3.05, 3.63) is 108 Å². The van der Waals surface area contributed by atoms with E-state index in [1.54, 1.807) is 54.6 Å². The van der Waals surface area contributed by atoms with Gasteiger partial charge in [0.15, 0.2) is 0 Å². The van der Waals surface area contributed by atoms with Gasteiger partial charge in [0.1, 0.15) is 5.75 Å². The molecule has 0 radical (unpaired) electrons. The smallest absolute Gasteiger partial charge is 0.339 e. The Balaban J connectivity index is 1.59. The zero-order valence-electron chi connectivity index (χ0n) is 18.9. The van der Waals surface area contributed by atoms with Gasteiger partial charge in [-0.1, -0.05) is 42.5 Å². The molecular weight excluding hydrogens is 448 g/mol. The molecule has 4 rings (SSSR count). The van der Waals surface area contributed by atoms with Crippen LogP contribution in [0, 0.1) is 0 Å². The van der Waals surface area contributed by atoms with Crippen molar-refractivity contribution < 1.29 is 28.7 Å². The third-order valence-corrected chi connectivity index (χ3v) is 5.42. The van der Waals surface area contributed by atoms with E-state index in [0.29, 0.717) is 17.0 Å². The molecule has 1 heterocycles. The average Bonchev–Trinajstić information content (AvgIpc) is 3.12. The minimum absolute atomic E-state index is 0.0421. The molecule has 8 nitrogen and oxygen atoms in total. The topological polar surface area (TPSA) is 102 Å². The van der Waals surface area contributed by atoms with Crippen LogP contribution in [0.5, 0.6) is 5.75 Å². The molecule has 1 N–H and O–H groups in total. The summed E-state index contributed by atoms with van der Waals surface area (Å²) in [5.74, 6) is -1.80. The van der Waals surface area contributed by atoms with Gasteiger partial charge >= 0.3 is 5.97 Å². The Bertz CT molecular complexity index is 1320. The second-order valence-electron chi connectivity index (χ2n) is 7.69. The van der Waals surface area contributed by atoms with Gasteiger partial charge in [0, 0.05) is 23.9 Å². The molecular formula is C27H22N2O6. The van der Waals surface area contributed by atoms with Crippen molar-refractivity contribution in [3.63, 3.8) is 0 Å². The van der Waals surface area contributed by atoms with Gasteiger partial charge in [0.25, 0.3) is 17.7 Å². The molecule has 3 aromatic carbocycles. The van der Waals surface area contributed by atoms with Crippen molar-refractivity contribution in [2.45, 2.75) is 6.10 Å². The van der Waals surface area contributed by atoms with Crippen LogP contribution >= 0.6 is 0 Å². The van der Waals surface area contributed by atoms with E-state index in [-0.39, 0.29) is 23.2 Å². The molecule has 8 heteroatoms. The van der Waals surface area contributed by atoms with E-state index in [1.807, 2.05) is 0 Å². The largest absolute Gasteiger partial charge is 0.497 e. The summed E-state index contributed by atoms with van der Waals surface area (Å²) in [6.45, 7) is 3.62. The first-order valence-electron chi connectivity index (χ1n) is 10.7. The van der Waals surface area contributed by atoms with Gasteiger partial charge < -0.3 is 14.8 Å². The van der Waals surface area contributed by atoms with Gasteiger partial charge in [-0.05, 0) is 30.3 Å². The van der Waals surface area contributed by atoms with Crippen molar-refractivity contribution in [2.75, 3.05) is 19.0 Å². The van der Waals surface area contributed by atoms with Gasteiger partial charge in [-0.3, -0.25) is 19.3 Å². The van der Waals surface area contributed by atoms with Gasteiger partial charge in [-0.2, -0.15) is 0 Å². The molecule has 0 aliphatic carbocycles. The number of methoxy groups -OCH3 is 1. The van der Waals surface area contributed by atoms with Crippen molar-refractivity contribution in [3.8, 4) is 5.75 Å². The Morgan fingerprint density at radius 3 is 2.43 bits per heavy atom. The first-order valence-corrected chi connectivity index (χ1v) is 10.7. The molecule has 176 valence electrons. The minimum atomic E-state index is -1.27. The molecule has 1 aliphatic rings. The van der Waals surface area contributed by atoms with Crippen LogP contribution in [0.3, 0.4) is 0 Å². The van der Waals surface area contributed by atoms with Crippen molar-refractivity contribution >= 4 is 29.4 Å². The molecule has 0 spiro atoms. The molecule has 0 aromatic heterocycles. The molecule has 3 amide bonds. The number of carbonyl (C=O) groups excluding carboxylic acids is 4. The SMILES string of the molecule is C=CCN1C(=O)c2ccc(C(=O)O[C@H](C(=O)Nc3cccc(OC)c3)c3ccccc3)cc2C1=O. The van der Waals surface area contributed by atoms with E-state index >= 15 is 0 Å². The van der Waals surface area contributed by atoms with Crippen LogP contribution < -0.4 is 10.1 Å². The third kappa shape index (κ3) is 4.81. The maximum atomic E-state index is 13.1. The Hall–Kier alpha value is -4.72. The fourth-order valence-electron chi connectivity index (χ4n) is 3.70. The summed E-state index contributed by atoms with van der Waals surface area (Å²) >= 11 is 0. The second kappa shape index (κ2) is 10.0.